The van der Waals surface area contributed by atoms with Crippen molar-refractivity contribution in [3.63, 3.8) is 0 Å². The van der Waals surface area contributed by atoms with Crippen LogP contribution >= 0.6 is 31.9 Å². The summed E-state index contributed by atoms with van der Waals surface area (Å²) in [5.74, 6) is -0.578. The van der Waals surface area contributed by atoms with Crippen LogP contribution in [0.1, 0.15) is 18.1 Å². The normalized spacial score (nSPS) is 12.8. The van der Waals surface area contributed by atoms with Crippen molar-refractivity contribution in [2.75, 3.05) is 0 Å². The maximum absolute atomic E-state index is 11.2. The summed E-state index contributed by atoms with van der Waals surface area (Å²) < 4.78 is 1.74. The Bertz CT molecular complexity index is 618. The summed E-state index contributed by atoms with van der Waals surface area (Å²) in [4.78, 5) is 0. The van der Waals surface area contributed by atoms with Gasteiger partial charge in [-0.05, 0) is 42.3 Å². The molecule has 2 aromatic rings. The van der Waals surface area contributed by atoms with E-state index in [1.807, 2.05) is 48.5 Å². The highest BCUT2D eigenvalue weighted by atomic mass is 79.9. The Hall–Kier alpha value is -1.15. The zero-order valence-corrected chi connectivity index (χ0v) is 14.0. The molecule has 2 nitrogen and oxygen atoms in total. The van der Waals surface area contributed by atoms with Gasteiger partial charge in [-0.1, -0.05) is 56.1 Å². The number of aliphatic hydroxyl groups is 1. The molecule has 0 aromatic heterocycles. The Kier molecular flexibility index (Phi) is 4.64. The first-order chi connectivity index (χ1) is 9.48. The lowest BCUT2D eigenvalue weighted by atomic mass is 9.77. The lowest BCUT2D eigenvalue weighted by Gasteiger charge is -2.32. The van der Waals surface area contributed by atoms with Crippen LogP contribution in [0.15, 0.2) is 57.5 Å². The van der Waals surface area contributed by atoms with E-state index in [1.165, 1.54) is 0 Å². The van der Waals surface area contributed by atoms with Crippen molar-refractivity contribution in [1.29, 1.82) is 5.26 Å². The third-order valence-electron chi connectivity index (χ3n) is 3.35. The van der Waals surface area contributed by atoms with E-state index in [4.69, 9.17) is 0 Å². The van der Waals surface area contributed by atoms with Crippen LogP contribution in [0, 0.1) is 17.2 Å². The fraction of sp³-hybridized carbons (Fsp3) is 0.188. The molecule has 1 unspecified atom stereocenters. The number of nitrogens with zero attached hydrogens (tertiary/aromatic N) is 1. The lowest BCUT2D eigenvalue weighted by molar-refractivity contribution is 0.0462. The second-order valence-electron chi connectivity index (χ2n) is 4.64. The molecule has 102 valence electrons. The first-order valence-electron chi connectivity index (χ1n) is 6.12. The maximum atomic E-state index is 11.2. The summed E-state index contributed by atoms with van der Waals surface area (Å²) in [6.45, 7) is 1.72. The van der Waals surface area contributed by atoms with Crippen molar-refractivity contribution in [2.45, 2.75) is 12.5 Å². The summed E-state index contributed by atoms with van der Waals surface area (Å²) >= 11 is 6.82. The number of rotatable bonds is 3. The summed E-state index contributed by atoms with van der Waals surface area (Å²) in [6.07, 6.45) is 0. The minimum absolute atomic E-state index is 0.578. The molecule has 1 N–H and O–H groups in total. The van der Waals surface area contributed by atoms with Crippen molar-refractivity contribution in [3.8, 4) is 6.07 Å². The van der Waals surface area contributed by atoms with Gasteiger partial charge in [0, 0.05) is 8.95 Å². The highest BCUT2D eigenvalue weighted by Gasteiger charge is 2.38. The van der Waals surface area contributed by atoms with Crippen molar-refractivity contribution in [3.05, 3.63) is 68.6 Å². The second kappa shape index (κ2) is 6.09. The molecule has 0 heterocycles. The first kappa shape index (κ1) is 15.2. The van der Waals surface area contributed by atoms with Gasteiger partial charge in [0.05, 0.1) is 12.0 Å². The van der Waals surface area contributed by atoms with Gasteiger partial charge in [-0.2, -0.15) is 5.26 Å². The predicted octanol–water partition coefficient (Wildman–Crippen LogP) is 4.61. The van der Waals surface area contributed by atoms with Crippen molar-refractivity contribution >= 4 is 31.9 Å². The summed E-state index contributed by atoms with van der Waals surface area (Å²) in [7, 11) is 0. The van der Waals surface area contributed by atoms with Crippen LogP contribution in [-0.2, 0) is 5.60 Å². The SMILES string of the molecule is CC(C#N)C(O)(c1cccc(Br)c1)c1cccc(Br)c1. The smallest absolute Gasteiger partial charge is 0.130 e. The van der Waals surface area contributed by atoms with Gasteiger partial charge in [0.1, 0.15) is 5.60 Å². The first-order valence-corrected chi connectivity index (χ1v) is 7.71. The van der Waals surface area contributed by atoms with E-state index in [2.05, 4.69) is 37.9 Å². The summed E-state index contributed by atoms with van der Waals surface area (Å²) in [6, 6.07) is 17.0. The molecule has 2 aromatic carbocycles. The average Bonchev–Trinajstić information content (AvgIpc) is 2.45. The molecule has 0 fully saturated rings. The fourth-order valence-electron chi connectivity index (χ4n) is 2.21. The Morgan fingerprint density at radius 2 is 1.50 bits per heavy atom. The molecule has 20 heavy (non-hydrogen) atoms. The van der Waals surface area contributed by atoms with E-state index in [1.54, 1.807) is 6.92 Å². The highest BCUT2D eigenvalue weighted by molar-refractivity contribution is 9.10. The fourth-order valence-corrected chi connectivity index (χ4v) is 3.01. The van der Waals surface area contributed by atoms with E-state index in [0.29, 0.717) is 11.1 Å². The minimum Gasteiger partial charge on any atom is -0.379 e. The number of nitriles is 1. The highest BCUT2D eigenvalue weighted by Crippen LogP contribution is 2.38. The van der Waals surface area contributed by atoms with Crippen molar-refractivity contribution in [1.82, 2.24) is 0 Å². The van der Waals surface area contributed by atoms with Gasteiger partial charge in [0.2, 0.25) is 0 Å². The standard InChI is InChI=1S/C16H13Br2NO/c1-11(10-19)16(20,12-4-2-6-14(17)8-12)13-5-3-7-15(18)9-13/h2-9,11,20H,1H3. The van der Waals surface area contributed by atoms with Crippen LogP contribution in [0.25, 0.3) is 0 Å². The topological polar surface area (TPSA) is 44.0 Å². The molecule has 0 amide bonds. The quantitative estimate of drug-likeness (QED) is 0.826. The zero-order chi connectivity index (χ0) is 14.8. The molecule has 0 radical (unpaired) electrons. The molecular weight excluding hydrogens is 382 g/mol. The molecule has 2 rings (SSSR count). The van der Waals surface area contributed by atoms with Crippen LogP contribution in [0.2, 0.25) is 0 Å². The molecule has 4 heteroatoms. The molecule has 0 bridgehead atoms. The second-order valence-corrected chi connectivity index (χ2v) is 6.47. The minimum atomic E-state index is -1.34. The van der Waals surface area contributed by atoms with Gasteiger partial charge in [-0.3, -0.25) is 0 Å². The van der Waals surface area contributed by atoms with Crippen LogP contribution in [-0.4, -0.2) is 5.11 Å². The number of benzene rings is 2. The van der Waals surface area contributed by atoms with Gasteiger partial charge in [-0.25, -0.2) is 0 Å². The largest absolute Gasteiger partial charge is 0.379 e. The lowest BCUT2D eigenvalue weighted by Crippen LogP contribution is -2.34. The number of hydrogen-bond donors (Lipinski definition) is 1. The summed E-state index contributed by atoms with van der Waals surface area (Å²) in [5.41, 5.74) is 0.0422. The molecule has 0 aliphatic carbocycles. The molecule has 0 aliphatic rings. The van der Waals surface area contributed by atoms with E-state index in [-0.39, 0.29) is 0 Å². The van der Waals surface area contributed by atoms with Gasteiger partial charge < -0.3 is 5.11 Å². The maximum Gasteiger partial charge on any atom is 0.130 e. The molecular formula is C16H13Br2NO. The third kappa shape index (κ3) is 2.80. The van der Waals surface area contributed by atoms with Gasteiger partial charge in [0.15, 0.2) is 0 Å². The molecule has 1 atom stereocenters. The third-order valence-corrected chi connectivity index (χ3v) is 4.34. The van der Waals surface area contributed by atoms with Crippen LogP contribution in [0.4, 0.5) is 0 Å². The van der Waals surface area contributed by atoms with E-state index in [0.717, 1.165) is 8.95 Å². The van der Waals surface area contributed by atoms with Crippen LogP contribution < -0.4 is 0 Å². The Balaban J connectivity index is 2.66. The van der Waals surface area contributed by atoms with E-state index in [9.17, 15) is 10.4 Å². The van der Waals surface area contributed by atoms with Crippen molar-refractivity contribution in [2.24, 2.45) is 5.92 Å². The zero-order valence-electron chi connectivity index (χ0n) is 10.8. The van der Waals surface area contributed by atoms with Gasteiger partial charge in [0.25, 0.3) is 0 Å². The predicted molar refractivity (Wildman–Crippen MR) is 86.1 cm³/mol. The average molecular weight is 395 g/mol. The van der Waals surface area contributed by atoms with Gasteiger partial charge in [-0.15, -0.1) is 0 Å². The Labute approximate surface area is 135 Å². The van der Waals surface area contributed by atoms with E-state index < -0.39 is 11.5 Å². The van der Waals surface area contributed by atoms with Crippen LogP contribution in [0.5, 0.6) is 0 Å². The number of halogens is 2. The van der Waals surface area contributed by atoms with Crippen molar-refractivity contribution < 1.29 is 5.11 Å². The van der Waals surface area contributed by atoms with E-state index >= 15 is 0 Å². The van der Waals surface area contributed by atoms with Crippen LogP contribution in [0.3, 0.4) is 0 Å². The Morgan fingerprint density at radius 3 is 1.85 bits per heavy atom. The molecule has 0 saturated carbocycles. The Morgan fingerprint density at radius 1 is 1.05 bits per heavy atom. The van der Waals surface area contributed by atoms with Gasteiger partial charge >= 0.3 is 0 Å². The molecule has 0 saturated heterocycles. The monoisotopic (exact) mass is 393 g/mol. The molecule has 0 aliphatic heterocycles. The summed E-state index contributed by atoms with van der Waals surface area (Å²) in [5, 5.41) is 20.5. The number of hydrogen-bond acceptors (Lipinski definition) is 2. The molecule has 0 spiro atoms.